The predicted octanol–water partition coefficient (Wildman–Crippen LogP) is 4.22. The van der Waals surface area contributed by atoms with Gasteiger partial charge in [0.25, 0.3) is 5.91 Å². The Morgan fingerprint density at radius 3 is 2.62 bits per heavy atom. The lowest BCUT2D eigenvalue weighted by molar-refractivity contribution is -0.117. The average Bonchev–Trinajstić information content (AvgIpc) is 2.73. The number of hydrogen-bond donors (Lipinski definition) is 2. The van der Waals surface area contributed by atoms with E-state index in [1.165, 1.54) is 17.5 Å². The molecular weight excluding hydrogens is 460 g/mol. The molecule has 1 heterocycles. The van der Waals surface area contributed by atoms with E-state index in [4.69, 9.17) is 0 Å². The Labute approximate surface area is 189 Å². The second-order valence-electron chi connectivity index (χ2n) is 6.40. The summed E-state index contributed by atoms with van der Waals surface area (Å²) in [6, 6.07) is 5.96. The van der Waals surface area contributed by atoms with E-state index in [1.807, 2.05) is 0 Å². The number of hydrogen-bond acceptors (Lipinski definition) is 5. The highest BCUT2D eigenvalue weighted by molar-refractivity contribution is 8.17. The lowest BCUT2D eigenvalue weighted by Gasteiger charge is -2.27. The van der Waals surface area contributed by atoms with Gasteiger partial charge < -0.3 is 5.32 Å². The van der Waals surface area contributed by atoms with E-state index in [9.17, 15) is 27.4 Å². The van der Waals surface area contributed by atoms with Gasteiger partial charge in [0, 0.05) is 11.3 Å². The molecule has 0 aliphatic carbocycles. The lowest BCUT2D eigenvalue weighted by atomic mass is 9.97. The van der Waals surface area contributed by atoms with Crippen LogP contribution in [-0.4, -0.2) is 22.1 Å². The van der Waals surface area contributed by atoms with E-state index in [2.05, 4.69) is 16.6 Å². The third kappa shape index (κ3) is 4.94. The summed E-state index contributed by atoms with van der Waals surface area (Å²) in [6.45, 7) is 5.16. The first kappa shape index (κ1) is 23.4. The number of amides is 4. The van der Waals surface area contributed by atoms with Crippen molar-refractivity contribution in [1.29, 1.82) is 0 Å². The van der Waals surface area contributed by atoms with Gasteiger partial charge in [-0.15, -0.1) is 0 Å². The molecule has 0 fully saturated rings. The first-order valence-corrected chi connectivity index (χ1v) is 11.2. The average molecular weight is 478 g/mol. The lowest BCUT2D eigenvalue weighted by Crippen LogP contribution is -2.43. The molecule has 2 N–H and O–H groups in total. The maximum absolute atomic E-state index is 14.8. The number of carbonyl (C=O) groups excluding carboxylic acids is 3. The zero-order chi connectivity index (χ0) is 23.4. The number of benzene rings is 2. The molecule has 2 aromatic carbocycles. The number of fused-ring (bicyclic) bond motifs is 1. The first-order chi connectivity index (χ1) is 15.2. The summed E-state index contributed by atoms with van der Waals surface area (Å²) >= 11 is 1.08. The SMILES string of the molecule is C=CS/C(=C\C)S(=O)NC(=O)Nc1ccc(N2C(=O)Cc3ccc(F)cc3C2=O)c(F)c1. The Kier molecular flexibility index (Phi) is 7.21. The highest BCUT2D eigenvalue weighted by Gasteiger charge is 2.34. The Hall–Kier alpha value is -3.31. The summed E-state index contributed by atoms with van der Waals surface area (Å²) in [5, 5.41) is 3.78. The molecule has 32 heavy (non-hydrogen) atoms. The summed E-state index contributed by atoms with van der Waals surface area (Å²) in [6.07, 6.45) is 1.36. The molecule has 0 saturated carbocycles. The van der Waals surface area contributed by atoms with Gasteiger partial charge in [0.2, 0.25) is 5.91 Å². The van der Waals surface area contributed by atoms with Crippen LogP contribution in [0.2, 0.25) is 0 Å². The molecule has 7 nitrogen and oxygen atoms in total. The molecule has 0 spiro atoms. The van der Waals surface area contributed by atoms with Crippen molar-refractivity contribution in [3.05, 3.63) is 81.5 Å². The molecule has 0 saturated heterocycles. The third-order valence-corrected chi connectivity index (χ3v) is 6.70. The van der Waals surface area contributed by atoms with Crippen LogP contribution < -0.4 is 14.9 Å². The molecule has 1 aliphatic rings. The van der Waals surface area contributed by atoms with Gasteiger partial charge in [-0.3, -0.25) is 14.3 Å². The van der Waals surface area contributed by atoms with E-state index in [-0.39, 0.29) is 23.4 Å². The number of allylic oxidation sites excluding steroid dienone is 1. The van der Waals surface area contributed by atoms with Crippen molar-refractivity contribution in [2.75, 3.05) is 10.2 Å². The van der Waals surface area contributed by atoms with E-state index in [0.29, 0.717) is 14.7 Å². The number of imide groups is 1. The van der Waals surface area contributed by atoms with Gasteiger partial charge in [-0.2, -0.15) is 0 Å². The number of rotatable bonds is 6. The fourth-order valence-corrected chi connectivity index (χ4v) is 4.49. The van der Waals surface area contributed by atoms with Crippen molar-refractivity contribution >= 4 is 52.0 Å². The molecule has 0 radical (unpaired) electrons. The van der Waals surface area contributed by atoms with Crippen molar-refractivity contribution in [1.82, 2.24) is 4.72 Å². The molecule has 1 aliphatic heterocycles. The van der Waals surface area contributed by atoms with Gasteiger partial charge in [0.05, 0.1) is 16.3 Å². The maximum atomic E-state index is 14.8. The number of halogens is 2. The van der Waals surface area contributed by atoms with Crippen molar-refractivity contribution < 1.29 is 27.4 Å². The third-order valence-electron chi connectivity index (χ3n) is 4.35. The summed E-state index contributed by atoms with van der Waals surface area (Å²) in [7, 11) is -1.84. The second kappa shape index (κ2) is 9.88. The number of urea groups is 1. The van der Waals surface area contributed by atoms with Crippen molar-refractivity contribution in [2.45, 2.75) is 13.3 Å². The van der Waals surface area contributed by atoms with Gasteiger partial charge in [-0.1, -0.05) is 30.5 Å². The van der Waals surface area contributed by atoms with Crippen LogP contribution in [0.1, 0.15) is 22.8 Å². The first-order valence-electron chi connectivity index (χ1n) is 9.13. The number of thioether (sulfide) groups is 1. The predicted molar refractivity (Wildman–Crippen MR) is 120 cm³/mol. The minimum absolute atomic E-state index is 0.00232. The molecule has 1 atom stereocenters. The zero-order valence-electron chi connectivity index (χ0n) is 16.7. The van der Waals surface area contributed by atoms with E-state index < -0.39 is 40.5 Å². The molecule has 2 aromatic rings. The largest absolute Gasteiger partial charge is 0.331 e. The number of carbonyl (C=O) groups is 3. The van der Waals surface area contributed by atoms with Crippen molar-refractivity contribution in [3.63, 3.8) is 0 Å². The smallest absolute Gasteiger partial charge is 0.307 e. The molecule has 0 aromatic heterocycles. The standard InChI is InChI=1S/C21H17F2N3O4S2/c1-3-19(31-4-2)32(30)25-21(29)24-14-7-8-17(16(23)11-14)26-18(27)9-12-5-6-13(22)10-15(12)20(26)28/h3-8,10-11H,2,9H2,1H3,(H2,24,25,29)/b19-3+. The molecule has 1 unspecified atom stereocenters. The summed E-state index contributed by atoms with van der Waals surface area (Å²) in [5.41, 5.74) is 0.00639. The van der Waals surface area contributed by atoms with Gasteiger partial charge in [-0.25, -0.2) is 22.7 Å². The van der Waals surface area contributed by atoms with Gasteiger partial charge >= 0.3 is 6.03 Å². The van der Waals surface area contributed by atoms with Crippen LogP contribution in [0.3, 0.4) is 0 Å². The molecule has 0 bridgehead atoms. The summed E-state index contributed by atoms with van der Waals surface area (Å²) in [5.74, 6) is -3.12. The molecule has 4 amide bonds. The normalized spacial score (nSPS) is 14.6. The monoisotopic (exact) mass is 477 g/mol. The van der Waals surface area contributed by atoms with Gasteiger partial charge in [0.1, 0.15) is 11.6 Å². The number of anilines is 2. The minimum atomic E-state index is -1.84. The van der Waals surface area contributed by atoms with Crippen LogP contribution in [0, 0.1) is 11.6 Å². The Morgan fingerprint density at radius 1 is 1.22 bits per heavy atom. The topological polar surface area (TPSA) is 95.6 Å². The second-order valence-corrected chi connectivity index (χ2v) is 8.84. The van der Waals surface area contributed by atoms with Gasteiger partial charge in [0.15, 0.2) is 11.0 Å². The zero-order valence-corrected chi connectivity index (χ0v) is 18.3. The Balaban J connectivity index is 1.77. The van der Waals surface area contributed by atoms with E-state index in [1.54, 1.807) is 13.0 Å². The Bertz CT molecular complexity index is 1180. The molecule has 3 rings (SSSR count). The van der Waals surface area contributed by atoms with Crippen molar-refractivity contribution in [2.24, 2.45) is 0 Å². The fraction of sp³-hybridized carbons (Fsp3) is 0.0952. The number of nitrogens with zero attached hydrogens (tertiary/aromatic N) is 1. The van der Waals surface area contributed by atoms with Crippen LogP contribution in [0.5, 0.6) is 0 Å². The fourth-order valence-electron chi connectivity index (χ4n) is 2.98. The number of nitrogens with one attached hydrogen (secondary N) is 2. The van der Waals surface area contributed by atoms with Crippen LogP contribution in [0.15, 0.2) is 58.7 Å². The Morgan fingerprint density at radius 2 is 1.97 bits per heavy atom. The van der Waals surface area contributed by atoms with Crippen LogP contribution in [0.25, 0.3) is 0 Å². The molecular formula is C21H17F2N3O4S2. The maximum Gasteiger partial charge on any atom is 0.331 e. The van der Waals surface area contributed by atoms with Crippen molar-refractivity contribution in [3.8, 4) is 0 Å². The van der Waals surface area contributed by atoms with Crippen LogP contribution in [-0.2, 0) is 22.2 Å². The van der Waals surface area contributed by atoms with E-state index in [0.717, 1.165) is 36.0 Å². The quantitative estimate of drug-likeness (QED) is 0.608. The highest BCUT2D eigenvalue weighted by atomic mass is 32.2. The molecule has 11 heteroatoms. The highest BCUT2D eigenvalue weighted by Crippen LogP contribution is 2.29. The van der Waals surface area contributed by atoms with E-state index >= 15 is 0 Å². The molecule has 166 valence electrons. The van der Waals surface area contributed by atoms with Gasteiger partial charge in [-0.05, 0) is 48.2 Å². The minimum Gasteiger partial charge on any atom is -0.307 e. The summed E-state index contributed by atoms with van der Waals surface area (Å²) < 4.78 is 43.0. The van der Waals surface area contributed by atoms with Crippen LogP contribution in [0.4, 0.5) is 25.0 Å². The van der Waals surface area contributed by atoms with Crippen LogP contribution >= 0.6 is 11.8 Å². The summed E-state index contributed by atoms with van der Waals surface area (Å²) in [4.78, 5) is 37.9.